The average Bonchev–Trinajstić information content (AvgIpc) is 2.76. The summed E-state index contributed by atoms with van der Waals surface area (Å²) in [5.41, 5.74) is 1.54. The molecule has 2 rings (SSSR count). The van der Waals surface area contributed by atoms with Gasteiger partial charge in [0.25, 0.3) is 0 Å². The van der Waals surface area contributed by atoms with Gasteiger partial charge >= 0.3 is 0 Å². The van der Waals surface area contributed by atoms with Crippen molar-refractivity contribution < 1.29 is 9.21 Å². The van der Waals surface area contributed by atoms with Crippen LogP contribution in [-0.2, 0) is 4.79 Å². The molecule has 18 heavy (non-hydrogen) atoms. The van der Waals surface area contributed by atoms with Crippen LogP contribution in [0.2, 0.25) is 0 Å². The minimum Gasteiger partial charge on any atom is -0.461 e. The van der Waals surface area contributed by atoms with Crippen molar-refractivity contribution in [2.75, 3.05) is 5.32 Å². The van der Waals surface area contributed by atoms with E-state index in [-0.39, 0.29) is 12.3 Å². The van der Waals surface area contributed by atoms with E-state index in [1.54, 1.807) is 12.1 Å². The summed E-state index contributed by atoms with van der Waals surface area (Å²) in [7, 11) is 0. The fourth-order valence-corrected chi connectivity index (χ4v) is 1.62. The zero-order valence-electron chi connectivity index (χ0n) is 9.93. The smallest absolute Gasteiger partial charge is 0.238 e. The van der Waals surface area contributed by atoms with Crippen molar-refractivity contribution in [1.82, 2.24) is 0 Å². The molecule has 1 aromatic carbocycles. The first kappa shape index (κ1) is 11.9. The van der Waals surface area contributed by atoms with Crippen LogP contribution < -0.4 is 5.32 Å². The summed E-state index contributed by atoms with van der Waals surface area (Å²) in [4.78, 5) is 11.3. The van der Waals surface area contributed by atoms with Gasteiger partial charge in [-0.1, -0.05) is 12.1 Å². The standard InChI is InChI=1S/C14H12N2O2/c1-10-5-6-13(18-10)11-3-2-4-12(9-11)16-14(17)7-8-15/h2-6,9H,7H2,1H3,(H,16,17). The molecule has 0 fully saturated rings. The van der Waals surface area contributed by atoms with Crippen LogP contribution in [-0.4, -0.2) is 5.91 Å². The summed E-state index contributed by atoms with van der Waals surface area (Å²) in [5.74, 6) is 1.28. The van der Waals surface area contributed by atoms with Crippen molar-refractivity contribution >= 4 is 11.6 Å². The molecule has 0 bridgehead atoms. The van der Waals surface area contributed by atoms with Gasteiger partial charge in [0, 0.05) is 11.3 Å². The molecule has 90 valence electrons. The van der Waals surface area contributed by atoms with E-state index in [4.69, 9.17) is 9.68 Å². The quantitative estimate of drug-likeness (QED) is 0.896. The lowest BCUT2D eigenvalue weighted by Crippen LogP contribution is -2.09. The molecule has 0 radical (unpaired) electrons. The monoisotopic (exact) mass is 240 g/mol. The zero-order chi connectivity index (χ0) is 13.0. The Labute approximate surface area is 105 Å². The highest BCUT2D eigenvalue weighted by atomic mass is 16.3. The largest absolute Gasteiger partial charge is 0.461 e. The third-order valence-electron chi connectivity index (χ3n) is 2.41. The number of nitrogens with zero attached hydrogens (tertiary/aromatic N) is 1. The van der Waals surface area contributed by atoms with Crippen LogP contribution >= 0.6 is 0 Å². The van der Waals surface area contributed by atoms with Crippen LogP contribution in [0.25, 0.3) is 11.3 Å². The molecule has 0 unspecified atom stereocenters. The molecule has 0 saturated heterocycles. The molecule has 1 amide bonds. The van der Waals surface area contributed by atoms with E-state index >= 15 is 0 Å². The van der Waals surface area contributed by atoms with Gasteiger partial charge in [-0.05, 0) is 31.2 Å². The highest BCUT2D eigenvalue weighted by Crippen LogP contribution is 2.24. The van der Waals surface area contributed by atoms with Crippen molar-refractivity contribution in [2.24, 2.45) is 0 Å². The summed E-state index contributed by atoms with van der Waals surface area (Å²) in [6, 6.07) is 12.9. The fourth-order valence-electron chi connectivity index (χ4n) is 1.62. The number of furan rings is 1. The summed E-state index contributed by atoms with van der Waals surface area (Å²) in [6.45, 7) is 1.88. The van der Waals surface area contributed by atoms with Crippen molar-refractivity contribution in [3.63, 3.8) is 0 Å². The van der Waals surface area contributed by atoms with Gasteiger partial charge in [0.1, 0.15) is 17.9 Å². The predicted molar refractivity (Wildman–Crippen MR) is 67.7 cm³/mol. The number of carbonyl (C=O) groups is 1. The second-order valence-corrected chi connectivity index (χ2v) is 3.87. The third kappa shape index (κ3) is 2.77. The lowest BCUT2D eigenvalue weighted by atomic mass is 10.1. The van der Waals surface area contributed by atoms with Crippen molar-refractivity contribution in [3.8, 4) is 17.4 Å². The normalized spacial score (nSPS) is 9.78. The van der Waals surface area contributed by atoms with E-state index in [0.29, 0.717) is 5.69 Å². The summed E-state index contributed by atoms with van der Waals surface area (Å²) >= 11 is 0. The molecule has 0 atom stereocenters. The Morgan fingerprint density at radius 2 is 2.22 bits per heavy atom. The Morgan fingerprint density at radius 1 is 1.39 bits per heavy atom. The van der Waals surface area contributed by atoms with Crippen molar-refractivity contribution in [2.45, 2.75) is 13.3 Å². The first-order chi connectivity index (χ1) is 8.69. The minimum absolute atomic E-state index is 0.149. The Balaban J connectivity index is 2.20. The highest BCUT2D eigenvalue weighted by molar-refractivity contribution is 5.92. The molecular weight excluding hydrogens is 228 g/mol. The zero-order valence-corrected chi connectivity index (χ0v) is 9.93. The van der Waals surface area contributed by atoms with Gasteiger partial charge in [0.2, 0.25) is 5.91 Å². The average molecular weight is 240 g/mol. The van der Waals surface area contributed by atoms with Crippen LogP contribution in [0.5, 0.6) is 0 Å². The molecule has 0 spiro atoms. The molecule has 1 N–H and O–H groups in total. The molecule has 0 aliphatic rings. The number of rotatable bonds is 3. The fraction of sp³-hybridized carbons (Fsp3) is 0.143. The summed E-state index contributed by atoms with van der Waals surface area (Å²) in [6.07, 6.45) is -0.149. The Kier molecular flexibility index (Phi) is 3.44. The topological polar surface area (TPSA) is 66.0 Å². The van der Waals surface area contributed by atoms with E-state index in [2.05, 4.69) is 5.32 Å². The molecule has 1 aromatic heterocycles. The molecule has 4 nitrogen and oxygen atoms in total. The Bertz CT molecular complexity index is 608. The van der Waals surface area contributed by atoms with Gasteiger partial charge in [-0.2, -0.15) is 5.26 Å². The Morgan fingerprint density at radius 3 is 2.89 bits per heavy atom. The number of hydrogen-bond acceptors (Lipinski definition) is 3. The maximum absolute atomic E-state index is 11.3. The van der Waals surface area contributed by atoms with Crippen molar-refractivity contribution in [3.05, 3.63) is 42.2 Å². The van der Waals surface area contributed by atoms with Crippen LogP contribution in [0.3, 0.4) is 0 Å². The van der Waals surface area contributed by atoms with E-state index in [9.17, 15) is 4.79 Å². The lowest BCUT2D eigenvalue weighted by molar-refractivity contribution is -0.115. The summed E-state index contributed by atoms with van der Waals surface area (Å²) in [5, 5.41) is 11.1. The van der Waals surface area contributed by atoms with Crippen LogP contribution in [0.15, 0.2) is 40.8 Å². The first-order valence-corrected chi connectivity index (χ1v) is 5.53. The number of aryl methyl sites for hydroxylation is 1. The van der Waals surface area contributed by atoms with E-state index in [1.165, 1.54) is 0 Å². The van der Waals surface area contributed by atoms with Gasteiger partial charge in [0.15, 0.2) is 0 Å². The number of hydrogen-bond donors (Lipinski definition) is 1. The lowest BCUT2D eigenvalue weighted by Gasteiger charge is -2.04. The number of anilines is 1. The molecule has 2 aromatic rings. The number of carbonyl (C=O) groups excluding carboxylic acids is 1. The van der Waals surface area contributed by atoms with E-state index in [0.717, 1.165) is 17.1 Å². The highest BCUT2D eigenvalue weighted by Gasteiger charge is 2.05. The molecule has 4 heteroatoms. The molecule has 0 aliphatic carbocycles. The van der Waals surface area contributed by atoms with Gasteiger partial charge < -0.3 is 9.73 Å². The maximum Gasteiger partial charge on any atom is 0.238 e. The second-order valence-electron chi connectivity index (χ2n) is 3.87. The van der Waals surface area contributed by atoms with Crippen LogP contribution in [0.1, 0.15) is 12.2 Å². The maximum atomic E-state index is 11.3. The van der Waals surface area contributed by atoms with E-state index in [1.807, 2.05) is 37.3 Å². The summed E-state index contributed by atoms with van der Waals surface area (Å²) < 4.78 is 5.51. The van der Waals surface area contributed by atoms with Crippen LogP contribution in [0.4, 0.5) is 5.69 Å². The number of nitriles is 1. The number of amides is 1. The predicted octanol–water partition coefficient (Wildman–Crippen LogP) is 3.11. The molecule has 0 saturated carbocycles. The molecular formula is C14H12N2O2. The second kappa shape index (κ2) is 5.19. The minimum atomic E-state index is -0.315. The van der Waals surface area contributed by atoms with Gasteiger partial charge in [0.05, 0.1) is 6.07 Å². The van der Waals surface area contributed by atoms with Gasteiger partial charge in [-0.25, -0.2) is 0 Å². The third-order valence-corrected chi connectivity index (χ3v) is 2.41. The van der Waals surface area contributed by atoms with Gasteiger partial charge in [-0.3, -0.25) is 4.79 Å². The number of benzene rings is 1. The number of nitrogens with one attached hydrogen (secondary N) is 1. The van der Waals surface area contributed by atoms with Crippen molar-refractivity contribution in [1.29, 1.82) is 5.26 Å². The van der Waals surface area contributed by atoms with E-state index < -0.39 is 0 Å². The Hall–Kier alpha value is -2.54. The first-order valence-electron chi connectivity index (χ1n) is 5.53. The van der Waals surface area contributed by atoms with Crippen LogP contribution in [0, 0.1) is 18.3 Å². The molecule has 1 heterocycles. The SMILES string of the molecule is Cc1ccc(-c2cccc(NC(=O)CC#N)c2)o1. The van der Waals surface area contributed by atoms with Gasteiger partial charge in [-0.15, -0.1) is 0 Å². The molecule has 0 aliphatic heterocycles.